The Morgan fingerprint density at radius 3 is 0.582 bits per heavy atom. The Balaban J connectivity index is 8.71. The zero-order chi connectivity index (χ0) is 61.4. The first-order chi connectivity index (χ1) is 36.2. The lowest BCUT2D eigenvalue weighted by molar-refractivity contribution is -0.176. The Labute approximate surface area is 477 Å². The summed E-state index contributed by atoms with van der Waals surface area (Å²) in [7, 11) is 25.8. The molecule has 0 aliphatic rings. The molecule has 0 N–H and O–H groups in total. The van der Waals surface area contributed by atoms with Crippen molar-refractivity contribution in [1.82, 2.24) is 34.3 Å². The van der Waals surface area contributed by atoms with E-state index in [0.717, 1.165) is 0 Å². The van der Waals surface area contributed by atoms with Crippen LogP contribution in [0.1, 0.15) is 107 Å². The zero-order valence-corrected chi connectivity index (χ0v) is 53.7. The molecule has 79 heavy (non-hydrogen) atoms. The summed E-state index contributed by atoms with van der Waals surface area (Å²) in [5.74, 6) is -4.66. The minimum absolute atomic E-state index is 0.00453. The van der Waals surface area contributed by atoms with E-state index in [1.807, 2.05) is 140 Å². The summed E-state index contributed by atoms with van der Waals surface area (Å²) in [6, 6.07) is 0. The van der Waals surface area contributed by atoms with Gasteiger partial charge in [0.2, 0.25) is 0 Å². The van der Waals surface area contributed by atoms with Gasteiger partial charge in [0.1, 0.15) is 46.2 Å². The maximum atomic E-state index is 15.4. The van der Waals surface area contributed by atoms with Crippen LogP contribution in [0.15, 0.2) is 0 Å². The summed E-state index contributed by atoms with van der Waals surface area (Å²) < 4.78 is 41.9. The highest BCUT2D eigenvalue weighted by Crippen LogP contribution is 2.55. The molecular formula is C58H111N7O14. The van der Waals surface area contributed by atoms with Crippen molar-refractivity contribution in [3.8, 4) is 0 Å². The first-order valence-electron chi connectivity index (χ1n) is 27.9. The monoisotopic (exact) mass is 1130 g/mol. The van der Waals surface area contributed by atoms with Crippen molar-refractivity contribution in [2.75, 3.05) is 191 Å². The van der Waals surface area contributed by atoms with Crippen molar-refractivity contribution in [3.05, 3.63) is 0 Å². The Morgan fingerprint density at radius 1 is 0.253 bits per heavy atom. The van der Waals surface area contributed by atoms with Crippen molar-refractivity contribution < 1.29 is 66.7 Å². The van der Waals surface area contributed by atoms with Crippen LogP contribution in [0.5, 0.6) is 0 Å². The van der Waals surface area contributed by atoms with Gasteiger partial charge in [0, 0.05) is 45.8 Å². The van der Waals surface area contributed by atoms with Gasteiger partial charge >= 0.3 is 41.8 Å². The molecular weight excluding hydrogens is 1020 g/mol. The van der Waals surface area contributed by atoms with Crippen LogP contribution in [0.25, 0.3) is 0 Å². The number of esters is 7. The Hall–Kier alpha value is -3.99. The van der Waals surface area contributed by atoms with Crippen LogP contribution in [-0.4, -0.2) is 267 Å². The third-order valence-corrected chi connectivity index (χ3v) is 14.4. The quantitative estimate of drug-likeness (QED) is 0.0609. The largest absolute Gasteiger partial charge is 0.464 e. The molecule has 0 fully saturated rings. The summed E-state index contributed by atoms with van der Waals surface area (Å²) >= 11 is 0. The van der Waals surface area contributed by atoms with E-state index in [9.17, 15) is 19.2 Å². The molecule has 0 aliphatic heterocycles. The smallest absolute Gasteiger partial charge is 0.311 e. The standard InChI is InChI=1S/C58H111N7O14/c1-24-53(4,46(67)74-33-26-60(12)13)40-55(6,48(69)76-35-28-62(16)17)42-57(8,50(71)78-37-30-64(20)21)44-58(9,51(72)79-38-31-65(22)23)43-56(7,49(70)77-36-29-63(18)19)41-54(5,47(68)75-34-27-61(14)15)39-52(2,3)45(66)73-32-25-59(10)11/h24-44H2,1-23H3. The molecule has 0 aromatic carbocycles. The van der Waals surface area contributed by atoms with E-state index in [0.29, 0.717) is 45.8 Å². The molecule has 0 aliphatic carbocycles. The molecule has 0 spiro atoms. The highest BCUT2D eigenvalue weighted by molar-refractivity contribution is 5.86. The van der Waals surface area contributed by atoms with Gasteiger partial charge < -0.3 is 67.5 Å². The number of hydrogen-bond acceptors (Lipinski definition) is 21. The summed E-state index contributed by atoms with van der Waals surface area (Å²) in [5.41, 5.74) is -11.0. The second kappa shape index (κ2) is 33.8. The van der Waals surface area contributed by atoms with Crippen LogP contribution in [0.2, 0.25) is 0 Å². The lowest BCUT2D eigenvalue weighted by Gasteiger charge is -2.46. The lowest BCUT2D eigenvalue weighted by Crippen LogP contribution is -2.51. The first kappa shape index (κ1) is 75.0. The van der Waals surface area contributed by atoms with Crippen LogP contribution < -0.4 is 0 Å². The first-order valence-corrected chi connectivity index (χ1v) is 27.9. The van der Waals surface area contributed by atoms with Gasteiger partial charge in [0.05, 0.1) is 37.9 Å². The topological polar surface area (TPSA) is 207 Å². The molecule has 0 saturated carbocycles. The summed E-state index contributed by atoms with van der Waals surface area (Å²) in [4.78, 5) is 117. The highest BCUT2D eigenvalue weighted by atomic mass is 16.6. The Morgan fingerprint density at radius 2 is 0.405 bits per heavy atom. The van der Waals surface area contributed by atoms with Gasteiger partial charge in [0.25, 0.3) is 0 Å². The molecule has 6 atom stereocenters. The van der Waals surface area contributed by atoms with Gasteiger partial charge in [-0.05, 0) is 199 Å². The average Bonchev–Trinajstić information content (AvgIpc) is 3.29. The van der Waals surface area contributed by atoms with Crippen LogP contribution in [-0.2, 0) is 66.7 Å². The van der Waals surface area contributed by atoms with E-state index < -0.39 is 79.7 Å². The number of ether oxygens (including phenoxy) is 7. The van der Waals surface area contributed by atoms with E-state index in [1.54, 1.807) is 55.4 Å². The number of carbonyl (C=O) groups is 7. The lowest BCUT2D eigenvalue weighted by atomic mass is 9.57. The van der Waals surface area contributed by atoms with Crippen LogP contribution in [0, 0.1) is 37.9 Å². The molecule has 0 heterocycles. The summed E-state index contributed by atoms with van der Waals surface area (Å²) in [5, 5.41) is 0. The van der Waals surface area contributed by atoms with Gasteiger partial charge in [-0.15, -0.1) is 0 Å². The third kappa shape index (κ3) is 27.1. The number of hydrogen-bond donors (Lipinski definition) is 0. The molecule has 6 unspecified atom stereocenters. The summed E-state index contributed by atoms with van der Waals surface area (Å²) in [6.45, 7) is 17.9. The molecule has 0 radical (unpaired) electrons. The van der Waals surface area contributed by atoms with Crippen LogP contribution in [0.3, 0.4) is 0 Å². The second-order valence-corrected chi connectivity index (χ2v) is 26.2. The van der Waals surface area contributed by atoms with Gasteiger partial charge in [-0.2, -0.15) is 0 Å². The van der Waals surface area contributed by atoms with Crippen molar-refractivity contribution in [2.45, 2.75) is 107 Å². The SMILES string of the molecule is CCC(C)(CC(C)(CC(C)(CC(C)(CC(C)(CC(C)(CC(C)(C)C(=O)OCCN(C)C)C(=O)OCCN(C)C)C(=O)OCCN(C)C)C(=O)OCCN(C)C)C(=O)OCCN(C)C)C(=O)OCCN(C)C)C(=O)OCCN(C)C. The van der Waals surface area contributed by atoms with Crippen molar-refractivity contribution in [1.29, 1.82) is 0 Å². The molecule has 0 saturated heterocycles. The predicted octanol–water partition coefficient (Wildman–Crippen LogP) is 4.53. The maximum Gasteiger partial charge on any atom is 0.311 e. The average molecular weight is 1130 g/mol. The zero-order valence-electron chi connectivity index (χ0n) is 53.7. The number of likely N-dealkylation sites (N-methyl/N-ethyl adjacent to an activating group) is 7. The highest BCUT2D eigenvalue weighted by Gasteiger charge is 2.58. The normalized spacial score (nSPS) is 16.8. The predicted molar refractivity (Wildman–Crippen MR) is 307 cm³/mol. The van der Waals surface area contributed by atoms with Crippen LogP contribution in [0.4, 0.5) is 0 Å². The number of rotatable bonds is 41. The molecule has 21 heteroatoms. The van der Waals surface area contributed by atoms with E-state index in [2.05, 4.69) is 0 Å². The van der Waals surface area contributed by atoms with Crippen molar-refractivity contribution in [3.63, 3.8) is 0 Å². The Bertz CT molecular complexity index is 1920. The number of nitrogens with zero attached hydrogens (tertiary/aromatic N) is 7. The number of carbonyl (C=O) groups excluding carboxylic acids is 7. The second-order valence-electron chi connectivity index (χ2n) is 26.2. The maximum absolute atomic E-state index is 15.4. The molecule has 462 valence electrons. The molecule has 0 rings (SSSR count). The fourth-order valence-electron chi connectivity index (χ4n) is 10.2. The third-order valence-electron chi connectivity index (χ3n) is 14.4. The Kier molecular flexibility index (Phi) is 32.1. The van der Waals surface area contributed by atoms with Crippen molar-refractivity contribution in [2.24, 2.45) is 37.9 Å². The fraction of sp³-hybridized carbons (Fsp3) is 0.879. The van der Waals surface area contributed by atoms with Gasteiger partial charge in [-0.1, -0.05) is 6.92 Å². The van der Waals surface area contributed by atoms with Gasteiger partial charge in [-0.3, -0.25) is 33.6 Å². The molecule has 0 amide bonds. The van der Waals surface area contributed by atoms with Gasteiger partial charge in [-0.25, -0.2) is 0 Å². The molecule has 0 aromatic rings. The molecule has 0 bridgehead atoms. The minimum Gasteiger partial charge on any atom is -0.464 e. The molecule has 0 aromatic heterocycles. The van der Waals surface area contributed by atoms with E-state index >= 15 is 14.4 Å². The van der Waals surface area contributed by atoms with E-state index in [-0.39, 0.29) is 91.2 Å². The van der Waals surface area contributed by atoms with Crippen LogP contribution >= 0.6 is 0 Å². The van der Waals surface area contributed by atoms with Gasteiger partial charge in [0.15, 0.2) is 0 Å². The molecule has 21 nitrogen and oxygen atoms in total. The summed E-state index contributed by atoms with van der Waals surface area (Å²) in [6.07, 6.45) is -1.26. The minimum atomic E-state index is -1.79. The fourth-order valence-corrected chi connectivity index (χ4v) is 10.2. The van der Waals surface area contributed by atoms with E-state index in [1.165, 1.54) is 0 Å². The van der Waals surface area contributed by atoms with Crippen molar-refractivity contribution >= 4 is 41.8 Å². The van der Waals surface area contributed by atoms with E-state index in [4.69, 9.17) is 33.2 Å².